The van der Waals surface area contributed by atoms with Crippen molar-refractivity contribution in [3.8, 4) is 0 Å². The molecule has 3 nitrogen and oxygen atoms in total. The molecule has 3 rings (SSSR count). The lowest BCUT2D eigenvalue weighted by Gasteiger charge is -2.18. The van der Waals surface area contributed by atoms with Crippen LogP contribution in [-0.2, 0) is 13.0 Å². The van der Waals surface area contributed by atoms with Crippen molar-refractivity contribution in [2.45, 2.75) is 13.0 Å². The predicted octanol–water partition coefficient (Wildman–Crippen LogP) is 2.25. The first-order chi connectivity index (χ1) is 8.24. The number of anilines is 1. The second kappa shape index (κ2) is 3.84. The smallest absolute Gasteiger partial charge is 0.160 e. The van der Waals surface area contributed by atoms with Gasteiger partial charge in [0.05, 0.1) is 18.6 Å². The molecule has 2 heterocycles. The Morgan fingerprint density at radius 3 is 2.88 bits per heavy atom. The van der Waals surface area contributed by atoms with Gasteiger partial charge in [-0.25, -0.2) is 13.8 Å². The Hall–Kier alpha value is -1.91. The van der Waals surface area contributed by atoms with Crippen molar-refractivity contribution in [1.82, 2.24) is 9.97 Å². The quantitative estimate of drug-likeness (QED) is 0.865. The summed E-state index contributed by atoms with van der Waals surface area (Å²) in [5.74, 6) is -1.56. The summed E-state index contributed by atoms with van der Waals surface area (Å²) in [4.78, 5) is 8.96. The van der Waals surface area contributed by atoms with E-state index in [1.54, 1.807) is 12.5 Å². The number of hydrogen-bond acceptors (Lipinski definition) is 2. The molecule has 1 aliphatic rings. The Morgan fingerprint density at radius 1 is 1.29 bits per heavy atom. The van der Waals surface area contributed by atoms with Crippen LogP contribution >= 0.6 is 0 Å². The minimum atomic E-state index is -0.791. The van der Waals surface area contributed by atoms with E-state index in [-0.39, 0.29) is 0 Å². The van der Waals surface area contributed by atoms with Crippen LogP contribution in [-0.4, -0.2) is 16.5 Å². The molecule has 1 aliphatic heterocycles. The number of fused-ring (bicyclic) bond motifs is 1. The van der Waals surface area contributed by atoms with Crippen molar-refractivity contribution in [1.29, 1.82) is 0 Å². The van der Waals surface area contributed by atoms with Crippen molar-refractivity contribution in [2.75, 3.05) is 11.4 Å². The molecule has 1 N–H and O–H groups in total. The number of imidazole rings is 1. The van der Waals surface area contributed by atoms with E-state index in [1.165, 1.54) is 12.1 Å². The first kappa shape index (κ1) is 10.3. The van der Waals surface area contributed by atoms with E-state index in [0.29, 0.717) is 6.54 Å². The van der Waals surface area contributed by atoms with Crippen molar-refractivity contribution in [2.24, 2.45) is 0 Å². The molecule has 0 amide bonds. The van der Waals surface area contributed by atoms with E-state index in [0.717, 1.165) is 29.9 Å². The molecular formula is C12H11F2N3. The molecule has 2 aromatic rings. The minimum Gasteiger partial charge on any atom is -0.365 e. The molecule has 0 atom stereocenters. The van der Waals surface area contributed by atoms with Gasteiger partial charge in [-0.2, -0.15) is 0 Å². The van der Waals surface area contributed by atoms with Gasteiger partial charge < -0.3 is 9.88 Å². The molecular weight excluding hydrogens is 224 g/mol. The minimum absolute atomic E-state index is 0.637. The maximum atomic E-state index is 13.2. The average Bonchev–Trinajstić information content (AvgIpc) is 2.92. The zero-order valence-electron chi connectivity index (χ0n) is 9.08. The van der Waals surface area contributed by atoms with Crippen LogP contribution in [0.5, 0.6) is 0 Å². The van der Waals surface area contributed by atoms with Gasteiger partial charge >= 0.3 is 0 Å². The third-order valence-corrected chi connectivity index (χ3v) is 3.03. The highest BCUT2D eigenvalue weighted by atomic mass is 19.2. The highest BCUT2D eigenvalue weighted by molar-refractivity contribution is 5.58. The Kier molecular flexibility index (Phi) is 2.31. The van der Waals surface area contributed by atoms with Crippen molar-refractivity contribution >= 4 is 5.69 Å². The number of rotatable bonds is 2. The van der Waals surface area contributed by atoms with Gasteiger partial charge in [0.1, 0.15) is 0 Å². The molecule has 0 saturated carbocycles. The largest absolute Gasteiger partial charge is 0.365 e. The van der Waals surface area contributed by atoms with Crippen LogP contribution in [0.15, 0.2) is 24.7 Å². The van der Waals surface area contributed by atoms with Crippen molar-refractivity contribution < 1.29 is 8.78 Å². The highest BCUT2D eigenvalue weighted by Gasteiger charge is 2.22. The topological polar surface area (TPSA) is 31.9 Å². The number of H-pyrrole nitrogens is 1. The van der Waals surface area contributed by atoms with Crippen molar-refractivity contribution in [3.63, 3.8) is 0 Å². The summed E-state index contributed by atoms with van der Waals surface area (Å²) in [5.41, 5.74) is 2.60. The van der Waals surface area contributed by atoms with Gasteiger partial charge in [-0.3, -0.25) is 0 Å². The number of hydrogen-bond donors (Lipinski definition) is 1. The molecule has 0 fully saturated rings. The lowest BCUT2D eigenvalue weighted by molar-refractivity contribution is 0.508. The summed E-state index contributed by atoms with van der Waals surface area (Å²) in [5, 5.41) is 0. The molecule has 5 heteroatoms. The van der Waals surface area contributed by atoms with Gasteiger partial charge in [0.15, 0.2) is 11.6 Å². The van der Waals surface area contributed by atoms with E-state index in [1.807, 2.05) is 4.90 Å². The Balaban J connectivity index is 1.90. The van der Waals surface area contributed by atoms with Gasteiger partial charge in [-0.1, -0.05) is 0 Å². The van der Waals surface area contributed by atoms with Crippen molar-refractivity contribution in [3.05, 3.63) is 47.5 Å². The summed E-state index contributed by atoms with van der Waals surface area (Å²) in [7, 11) is 0. The SMILES string of the molecule is Fc1cc2c(cc1F)N(Cc1cnc[nH]1)CC2. The fraction of sp³-hybridized carbons (Fsp3) is 0.250. The average molecular weight is 235 g/mol. The van der Waals surface area contributed by atoms with Gasteiger partial charge in [0, 0.05) is 24.5 Å². The van der Waals surface area contributed by atoms with Crippen LogP contribution in [0.4, 0.5) is 14.5 Å². The van der Waals surface area contributed by atoms with E-state index < -0.39 is 11.6 Å². The fourth-order valence-corrected chi connectivity index (χ4v) is 2.19. The second-order valence-electron chi connectivity index (χ2n) is 4.14. The maximum absolute atomic E-state index is 13.2. The molecule has 0 saturated heterocycles. The molecule has 17 heavy (non-hydrogen) atoms. The third-order valence-electron chi connectivity index (χ3n) is 3.03. The molecule has 88 valence electrons. The van der Waals surface area contributed by atoms with Gasteiger partial charge in [0.25, 0.3) is 0 Å². The first-order valence-electron chi connectivity index (χ1n) is 5.44. The Morgan fingerprint density at radius 2 is 2.12 bits per heavy atom. The number of nitrogens with one attached hydrogen (secondary N) is 1. The molecule has 0 bridgehead atoms. The molecule has 0 radical (unpaired) electrons. The van der Waals surface area contributed by atoms with E-state index in [4.69, 9.17) is 0 Å². The Bertz CT molecular complexity index is 537. The monoisotopic (exact) mass is 235 g/mol. The summed E-state index contributed by atoms with van der Waals surface area (Å²) in [6.45, 7) is 1.41. The lowest BCUT2D eigenvalue weighted by atomic mass is 10.1. The predicted molar refractivity (Wildman–Crippen MR) is 59.7 cm³/mol. The first-order valence-corrected chi connectivity index (χ1v) is 5.44. The van der Waals surface area contributed by atoms with E-state index in [9.17, 15) is 8.78 Å². The molecule has 1 aromatic carbocycles. The fourth-order valence-electron chi connectivity index (χ4n) is 2.19. The summed E-state index contributed by atoms with van der Waals surface area (Å²) >= 11 is 0. The van der Waals surface area contributed by atoms with Gasteiger partial charge in [-0.05, 0) is 18.1 Å². The summed E-state index contributed by atoms with van der Waals surface area (Å²) < 4.78 is 26.3. The molecule has 0 aliphatic carbocycles. The Labute approximate surface area is 97.1 Å². The van der Waals surface area contributed by atoms with E-state index >= 15 is 0 Å². The van der Waals surface area contributed by atoms with Crippen LogP contribution in [0.3, 0.4) is 0 Å². The maximum Gasteiger partial charge on any atom is 0.160 e. The van der Waals surface area contributed by atoms with Crippen LogP contribution in [0.25, 0.3) is 0 Å². The standard InChI is InChI=1S/C12H11F2N3/c13-10-3-8-1-2-17(12(8)4-11(10)14)6-9-5-15-7-16-9/h3-5,7H,1-2,6H2,(H,15,16). The number of aromatic amines is 1. The number of nitrogens with zero attached hydrogens (tertiary/aromatic N) is 2. The van der Waals surface area contributed by atoms with Crippen LogP contribution in [0.2, 0.25) is 0 Å². The summed E-state index contributed by atoms with van der Waals surface area (Å²) in [6, 6.07) is 2.56. The molecule has 0 spiro atoms. The number of benzene rings is 1. The lowest BCUT2D eigenvalue weighted by Crippen LogP contribution is -2.19. The number of halogens is 2. The molecule has 0 unspecified atom stereocenters. The van der Waals surface area contributed by atoms with Crippen LogP contribution < -0.4 is 4.90 Å². The summed E-state index contributed by atoms with van der Waals surface area (Å²) in [6.07, 6.45) is 4.09. The van der Waals surface area contributed by atoms with Crippen LogP contribution in [0.1, 0.15) is 11.3 Å². The zero-order valence-corrected chi connectivity index (χ0v) is 9.08. The van der Waals surface area contributed by atoms with Gasteiger partial charge in [-0.15, -0.1) is 0 Å². The molecule has 1 aromatic heterocycles. The highest BCUT2D eigenvalue weighted by Crippen LogP contribution is 2.30. The van der Waals surface area contributed by atoms with Gasteiger partial charge in [0.2, 0.25) is 0 Å². The normalized spacial score (nSPS) is 14.1. The zero-order chi connectivity index (χ0) is 11.8. The third kappa shape index (κ3) is 1.77. The van der Waals surface area contributed by atoms with Crippen LogP contribution in [0, 0.1) is 11.6 Å². The number of aromatic nitrogens is 2. The second-order valence-corrected chi connectivity index (χ2v) is 4.14. The van der Waals surface area contributed by atoms with E-state index in [2.05, 4.69) is 9.97 Å².